The van der Waals surface area contributed by atoms with Gasteiger partial charge in [0.1, 0.15) is 5.75 Å². The van der Waals surface area contributed by atoms with Crippen LogP contribution in [0.1, 0.15) is 5.56 Å². The standard InChI is InChI=1S/C7H3Br2NO.Na.H/c8-5-1-4(3-10)2-6(9)7(5)11;;/h1-2,11H;;. The van der Waals surface area contributed by atoms with Gasteiger partial charge < -0.3 is 5.11 Å². The number of halogens is 2. The fraction of sp³-hybridized carbons (Fsp3) is 0. The number of hydrogen-bond donors (Lipinski definition) is 1. The van der Waals surface area contributed by atoms with Gasteiger partial charge in [0, 0.05) is 0 Å². The average Bonchev–Trinajstić information content (AvgIpc) is 1.99. The molecule has 0 heterocycles. The van der Waals surface area contributed by atoms with E-state index < -0.39 is 0 Å². The monoisotopic (exact) mass is 299 g/mol. The fourth-order valence-electron chi connectivity index (χ4n) is 0.630. The van der Waals surface area contributed by atoms with Crippen LogP contribution in [0.15, 0.2) is 21.1 Å². The Labute approximate surface area is 109 Å². The van der Waals surface area contributed by atoms with Crippen molar-refractivity contribution in [1.29, 1.82) is 5.26 Å². The van der Waals surface area contributed by atoms with E-state index >= 15 is 0 Å². The molecule has 0 unspecified atom stereocenters. The number of phenols is 1. The van der Waals surface area contributed by atoms with Crippen LogP contribution >= 0.6 is 31.9 Å². The summed E-state index contributed by atoms with van der Waals surface area (Å²) in [5.74, 6) is 0.115. The minimum atomic E-state index is 0. The molecule has 0 amide bonds. The summed E-state index contributed by atoms with van der Waals surface area (Å²) >= 11 is 6.21. The second kappa shape index (κ2) is 5.25. The van der Waals surface area contributed by atoms with E-state index in [1.165, 1.54) is 0 Å². The second-order valence-electron chi connectivity index (χ2n) is 1.90. The normalized spacial score (nSPS) is 8.42. The number of phenolic OH excluding ortho intramolecular Hbond substituents is 1. The Morgan fingerprint density at radius 2 is 1.67 bits per heavy atom. The average molecular weight is 301 g/mol. The summed E-state index contributed by atoms with van der Waals surface area (Å²) in [5.41, 5.74) is 0.501. The van der Waals surface area contributed by atoms with E-state index in [4.69, 9.17) is 5.26 Å². The van der Waals surface area contributed by atoms with E-state index in [1.807, 2.05) is 6.07 Å². The van der Waals surface area contributed by atoms with Gasteiger partial charge in [0.25, 0.3) is 0 Å². The Bertz CT molecular complexity index is 312. The number of nitriles is 1. The topological polar surface area (TPSA) is 44.0 Å². The number of rotatable bonds is 0. The fourth-order valence-corrected chi connectivity index (χ4v) is 1.82. The van der Waals surface area contributed by atoms with Gasteiger partial charge in [-0.05, 0) is 44.0 Å². The summed E-state index contributed by atoms with van der Waals surface area (Å²) in [6, 6.07) is 5.08. The summed E-state index contributed by atoms with van der Waals surface area (Å²) < 4.78 is 1.03. The minimum absolute atomic E-state index is 0. The van der Waals surface area contributed by atoms with Gasteiger partial charge in [0.15, 0.2) is 0 Å². The predicted octanol–water partition coefficient (Wildman–Crippen LogP) is 2.14. The molecule has 0 spiro atoms. The molecule has 1 rings (SSSR count). The molecule has 5 heteroatoms. The summed E-state index contributed by atoms with van der Waals surface area (Å²) in [7, 11) is 0. The van der Waals surface area contributed by atoms with Crippen molar-refractivity contribution in [2.45, 2.75) is 0 Å². The maximum atomic E-state index is 9.22. The summed E-state index contributed by atoms with van der Waals surface area (Å²) in [6.07, 6.45) is 0. The second-order valence-corrected chi connectivity index (χ2v) is 3.61. The number of hydrogen-bond acceptors (Lipinski definition) is 2. The van der Waals surface area contributed by atoms with Crippen LogP contribution in [-0.2, 0) is 0 Å². The van der Waals surface area contributed by atoms with Gasteiger partial charge in [-0.2, -0.15) is 5.26 Å². The zero-order chi connectivity index (χ0) is 8.43. The van der Waals surface area contributed by atoms with Gasteiger partial charge in [0.2, 0.25) is 0 Å². The van der Waals surface area contributed by atoms with Crippen molar-refractivity contribution in [2.24, 2.45) is 0 Å². The molecule has 0 aliphatic carbocycles. The first-order valence-electron chi connectivity index (χ1n) is 2.73. The van der Waals surface area contributed by atoms with Crippen LogP contribution in [0, 0.1) is 11.3 Å². The number of aromatic hydroxyl groups is 1. The zero-order valence-electron chi connectivity index (χ0n) is 5.31. The molecule has 1 aromatic carbocycles. The molecule has 58 valence electrons. The molecule has 0 saturated carbocycles. The van der Waals surface area contributed by atoms with Crippen molar-refractivity contribution in [2.75, 3.05) is 0 Å². The molecule has 0 atom stereocenters. The van der Waals surface area contributed by atoms with Crippen LogP contribution in [0.4, 0.5) is 0 Å². The van der Waals surface area contributed by atoms with E-state index in [-0.39, 0.29) is 35.3 Å². The van der Waals surface area contributed by atoms with E-state index in [2.05, 4.69) is 31.9 Å². The Morgan fingerprint density at radius 3 is 2.00 bits per heavy atom. The van der Waals surface area contributed by atoms with Crippen LogP contribution in [0.25, 0.3) is 0 Å². The molecule has 1 aromatic rings. The first kappa shape index (κ1) is 12.5. The van der Waals surface area contributed by atoms with E-state index in [0.717, 1.165) is 0 Å². The summed E-state index contributed by atoms with van der Waals surface area (Å²) in [4.78, 5) is 0. The molecule has 2 nitrogen and oxygen atoms in total. The molecular weight excluding hydrogens is 297 g/mol. The molecule has 0 aliphatic rings. The van der Waals surface area contributed by atoms with Crippen molar-refractivity contribution in [3.63, 3.8) is 0 Å². The molecular formula is C7H4Br2NNaO. The molecule has 12 heavy (non-hydrogen) atoms. The predicted molar refractivity (Wildman–Crippen MR) is 55.4 cm³/mol. The third kappa shape index (κ3) is 2.75. The van der Waals surface area contributed by atoms with Gasteiger partial charge in [-0.25, -0.2) is 0 Å². The Hall–Kier alpha value is 0.470. The van der Waals surface area contributed by atoms with Gasteiger partial charge in [-0.1, -0.05) is 0 Å². The summed E-state index contributed by atoms with van der Waals surface area (Å²) in [5, 5.41) is 17.7. The molecule has 0 aliphatic heterocycles. The van der Waals surface area contributed by atoms with Crippen LogP contribution in [0.2, 0.25) is 0 Å². The van der Waals surface area contributed by atoms with E-state index in [0.29, 0.717) is 14.5 Å². The van der Waals surface area contributed by atoms with Crippen molar-refractivity contribution >= 4 is 61.4 Å². The SMILES string of the molecule is N#Cc1cc(Br)c(O)c(Br)c1.[NaH]. The zero-order valence-corrected chi connectivity index (χ0v) is 8.48. The van der Waals surface area contributed by atoms with Gasteiger partial charge in [-0.3, -0.25) is 0 Å². The third-order valence-corrected chi connectivity index (χ3v) is 2.35. The van der Waals surface area contributed by atoms with Crippen molar-refractivity contribution in [3.8, 4) is 11.8 Å². The van der Waals surface area contributed by atoms with Crippen molar-refractivity contribution in [1.82, 2.24) is 0 Å². The molecule has 0 radical (unpaired) electrons. The molecule has 1 N–H and O–H groups in total. The van der Waals surface area contributed by atoms with E-state index in [1.54, 1.807) is 12.1 Å². The van der Waals surface area contributed by atoms with Gasteiger partial charge >= 0.3 is 29.6 Å². The molecule has 0 fully saturated rings. The molecule has 0 aromatic heterocycles. The van der Waals surface area contributed by atoms with Crippen molar-refractivity contribution < 1.29 is 5.11 Å². The van der Waals surface area contributed by atoms with Crippen molar-refractivity contribution in [3.05, 3.63) is 26.6 Å². The molecule has 0 bridgehead atoms. The van der Waals surface area contributed by atoms with Crippen LogP contribution in [0.3, 0.4) is 0 Å². The maximum absolute atomic E-state index is 9.22. The molecule has 0 saturated heterocycles. The first-order valence-corrected chi connectivity index (χ1v) is 4.32. The Kier molecular flexibility index (Phi) is 5.46. The Balaban J connectivity index is 0.00000121. The number of benzene rings is 1. The number of nitrogens with zero attached hydrogens (tertiary/aromatic N) is 1. The quantitative estimate of drug-likeness (QED) is 0.746. The Morgan fingerprint density at radius 1 is 1.25 bits per heavy atom. The first-order chi connectivity index (χ1) is 5.15. The van der Waals surface area contributed by atoms with Crippen LogP contribution in [-0.4, -0.2) is 34.7 Å². The van der Waals surface area contributed by atoms with E-state index in [9.17, 15) is 5.11 Å². The van der Waals surface area contributed by atoms with Gasteiger partial charge in [-0.15, -0.1) is 0 Å². The van der Waals surface area contributed by atoms with Crippen LogP contribution < -0.4 is 0 Å². The third-order valence-electron chi connectivity index (χ3n) is 1.15. The van der Waals surface area contributed by atoms with Gasteiger partial charge in [0.05, 0.1) is 20.6 Å². The summed E-state index contributed by atoms with van der Waals surface area (Å²) in [6.45, 7) is 0. The van der Waals surface area contributed by atoms with Crippen LogP contribution in [0.5, 0.6) is 5.75 Å².